The number of rotatable bonds is 7. The van der Waals surface area contributed by atoms with Crippen LogP contribution < -0.4 is 5.32 Å². The normalized spacial score (nSPS) is 14.4. The summed E-state index contributed by atoms with van der Waals surface area (Å²) in [7, 11) is 0. The number of nitro benzene ring substituents is 1. The van der Waals surface area contributed by atoms with Gasteiger partial charge in [0.25, 0.3) is 5.69 Å². The monoisotopic (exact) mass is 541 g/mol. The van der Waals surface area contributed by atoms with E-state index in [4.69, 9.17) is 0 Å². The van der Waals surface area contributed by atoms with Crippen molar-refractivity contribution in [1.82, 2.24) is 4.98 Å². The molecule has 0 aliphatic heterocycles. The zero-order valence-electron chi connectivity index (χ0n) is 15.2. The van der Waals surface area contributed by atoms with Crippen LogP contribution in [0.5, 0.6) is 0 Å². The molecule has 1 amide bonds. The lowest BCUT2D eigenvalue weighted by molar-refractivity contribution is -0.435. The van der Waals surface area contributed by atoms with Crippen LogP contribution in [0.2, 0.25) is 0 Å². The standard InChI is InChI=1S/C14H4F13N3O3S/c15-9(16,10(17,18)11(19,20)12(21,22)13(23,24)14(25,26)27)7(31)29-8-28-5-2-1-4(30(32)33)3-6(5)34-8/h1-3H,(H,28,29,31). The van der Waals surface area contributed by atoms with Gasteiger partial charge < -0.3 is 0 Å². The summed E-state index contributed by atoms with van der Waals surface area (Å²) in [5.74, 6) is -42.5. The van der Waals surface area contributed by atoms with E-state index in [0.717, 1.165) is 23.5 Å². The number of anilines is 1. The smallest absolute Gasteiger partial charge is 0.296 e. The van der Waals surface area contributed by atoms with E-state index in [0.29, 0.717) is 0 Å². The Morgan fingerprint density at radius 3 is 1.82 bits per heavy atom. The van der Waals surface area contributed by atoms with Gasteiger partial charge in [-0.25, -0.2) is 4.98 Å². The topological polar surface area (TPSA) is 85.1 Å². The maximum atomic E-state index is 13.8. The van der Waals surface area contributed by atoms with Gasteiger partial charge in [0.15, 0.2) is 5.13 Å². The molecule has 20 heteroatoms. The van der Waals surface area contributed by atoms with Gasteiger partial charge in [-0.05, 0) is 6.07 Å². The molecule has 1 aromatic carbocycles. The van der Waals surface area contributed by atoms with Crippen molar-refractivity contribution in [3.63, 3.8) is 0 Å². The van der Waals surface area contributed by atoms with Crippen LogP contribution in [0, 0.1) is 10.1 Å². The van der Waals surface area contributed by atoms with E-state index in [2.05, 4.69) is 4.98 Å². The molecule has 1 aromatic heterocycles. The van der Waals surface area contributed by atoms with Crippen LogP contribution in [0.4, 0.5) is 67.9 Å². The summed E-state index contributed by atoms with van der Waals surface area (Å²) in [4.78, 5) is 24.5. The number of thiazole rings is 1. The van der Waals surface area contributed by atoms with Gasteiger partial charge in [-0.3, -0.25) is 20.2 Å². The third-order valence-corrected chi connectivity index (χ3v) is 4.96. The largest absolute Gasteiger partial charge is 0.460 e. The predicted octanol–water partition coefficient (Wildman–Crippen LogP) is 5.88. The summed E-state index contributed by atoms with van der Waals surface area (Å²) in [6.45, 7) is 0. The van der Waals surface area contributed by atoms with Crippen LogP contribution in [0.3, 0.4) is 0 Å². The number of hydrogen-bond donors (Lipinski definition) is 1. The van der Waals surface area contributed by atoms with Crippen molar-refractivity contribution in [1.29, 1.82) is 0 Å². The van der Waals surface area contributed by atoms with Crippen molar-refractivity contribution in [2.24, 2.45) is 0 Å². The maximum Gasteiger partial charge on any atom is 0.460 e. The van der Waals surface area contributed by atoms with Crippen LogP contribution in [-0.4, -0.2) is 51.6 Å². The zero-order valence-corrected chi connectivity index (χ0v) is 16.0. The molecule has 1 heterocycles. The van der Waals surface area contributed by atoms with Crippen molar-refractivity contribution < 1.29 is 66.8 Å². The summed E-state index contributed by atoms with van der Waals surface area (Å²) in [6.07, 6.45) is -7.57. The fourth-order valence-electron chi connectivity index (χ4n) is 2.17. The third-order valence-electron chi connectivity index (χ3n) is 4.02. The van der Waals surface area contributed by atoms with Crippen molar-refractivity contribution in [2.75, 3.05) is 5.32 Å². The first-order chi connectivity index (χ1) is 15.0. The number of carbonyl (C=O) groups excluding carboxylic acids is 1. The minimum absolute atomic E-state index is 0.0744. The predicted molar refractivity (Wildman–Crippen MR) is 85.7 cm³/mol. The van der Waals surface area contributed by atoms with E-state index in [1.807, 2.05) is 0 Å². The Labute approximate surface area is 180 Å². The van der Waals surface area contributed by atoms with E-state index in [-0.39, 0.29) is 21.6 Å². The zero-order chi connectivity index (χ0) is 26.7. The first kappa shape index (κ1) is 27.3. The van der Waals surface area contributed by atoms with Gasteiger partial charge in [0, 0.05) is 12.1 Å². The van der Waals surface area contributed by atoms with Gasteiger partial charge in [0.2, 0.25) is 0 Å². The molecule has 0 spiro atoms. The number of benzene rings is 1. The van der Waals surface area contributed by atoms with Gasteiger partial charge >= 0.3 is 41.7 Å². The number of nitro groups is 1. The molecule has 0 fully saturated rings. The lowest BCUT2D eigenvalue weighted by Crippen LogP contribution is -2.71. The number of halogens is 13. The average molecular weight is 541 g/mol. The first-order valence-electron chi connectivity index (χ1n) is 7.84. The molecule has 34 heavy (non-hydrogen) atoms. The average Bonchev–Trinajstić information content (AvgIpc) is 3.07. The Balaban J connectivity index is 2.43. The molecule has 0 unspecified atom stereocenters. The van der Waals surface area contributed by atoms with E-state index in [9.17, 15) is 72.0 Å². The number of fused-ring (bicyclic) bond motifs is 1. The van der Waals surface area contributed by atoms with Crippen LogP contribution in [0.15, 0.2) is 18.2 Å². The number of hydrogen-bond acceptors (Lipinski definition) is 5. The van der Waals surface area contributed by atoms with Gasteiger partial charge in [0.05, 0.1) is 15.1 Å². The molecular weight excluding hydrogens is 537 g/mol. The van der Waals surface area contributed by atoms with E-state index in [1.165, 1.54) is 0 Å². The number of aromatic nitrogens is 1. The van der Waals surface area contributed by atoms with E-state index < -0.39 is 57.4 Å². The lowest BCUT2D eigenvalue weighted by atomic mass is 9.93. The van der Waals surface area contributed by atoms with Gasteiger partial charge in [0.1, 0.15) is 0 Å². The third kappa shape index (κ3) is 3.86. The fraction of sp³-hybridized carbons (Fsp3) is 0.429. The Kier molecular flexibility index (Phi) is 6.27. The molecule has 1 N–H and O–H groups in total. The number of amides is 1. The fourth-order valence-corrected chi connectivity index (χ4v) is 3.06. The second kappa shape index (κ2) is 7.80. The molecule has 0 atom stereocenters. The second-order valence-corrected chi connectivity index (χ2v) is 7.28. The highest BCUT2D eigenvalue weighted by molar-refractivity contribution is 7.22. The molecule has 0 aliphatic rings. The van der Waals surface area contributed by atoms with Crippen molar-refractivity contribution in [2.45, 2.75) is 35.8 Å². The van der Waals surface area contributed by atoms with Crippen molar-refractivity contribution >= 4 is 38.3 Å². The van der Waals surface area contributed by atoms with Gasteiger partial charge in [-0.2, -0.15) is 57.1 Å². The molecular formula is C14H4F13N3O3S. The maximum absolute atomic E-state index is 13.8. The summed E-state index contributed by atoms with van der Waals surface area (Å²) in [5.41, 5.74) is -0.888. The Morgan fingerprint density at radius 1 is 0.853 bits per heavy atom. The molecule has 0 saturated carbocycles. The quantitative estimate of drug-likeness (QED) is 0.270. The first-order valence-corrected chi connectivity index (χ1v) is 8.66. The summed E-state index contributed by atoms with van der Waals surface area (Å²) < 4.78 is 170. The van der Waals surface area contributed by atoms with Gasteiger partial charge in [-0.1, -0.05) is 11.3 Å². The number of nitrogens with zero attached hydrogens (tertiary/aromatic N) is 2. The highest BCUT2D eigenvalue weighted by Crippen LogP contribution is 2.60. The van der Waals surface area contributed by atoms with Crippen molar-refractivity contribution in [3.8, 4) is 0 Å². The highest BCUT2D eigenvalue weighted by atomic mass is 32.1. The van der Waals surface area contributed by atoms with Crippen molar-refractivity contribution in [3.05, 3.63) is 28.3 Å². The van der Waals surface area contributed by atoms with Crippen LogP contribution >= 0.6 is 11.3 Å². The highest BCUT2D eigenvalue weighted by Gasteiger charge is 2.91. The van der Waals surface area contributed by atoms with Crippen LogP contribution in [0.25, 0.3) is 10.2 Å². The lowest BCUT2D eigenvalue weighted by Gasteiger charge is -2.39. The molecule has 6 nitrogen and oxygen atoms in total. The Morgan fingerprint density at radius 2 is 1.35 bits per heavy atom. The summed E-state index contributed by atoms with van der Waals surface area (Å²) in [6, 6.07) is 2.45. The number of nitrogens with one attached hydrogen (secondary N) is 1. The van der Waals surface area contributed by atoms with Crippen LogP contribution in [-0.2, 0) is 4.79 Å². The molecule has 0 aliphatic carbocycles. The molecule has 2 aromatic rings. The summed E-state index contributed by atoms with van der Waals surface area (Å²) >= 11 is 0.0744. The van der Waals surface area contributed by atoms with E-state index in [1.54, 1.807) is 0 Å². The Hall–Kier alpha value is -2.93. The molecule has 0 bridgehead atoms. The van der Waals surface area contributed by atoms with Crippen LogP contribution in [0.1, 0.15) is 0 Å². The number of non-ortho nitro benzene ring substituents is 1. The minimum atomic E-state index is -8.14. The second-order valence-electron chi connectivity index (χ2n) is 6.25. The van der Waals surface area contributed by atoms with Gasteiger partial charge in [-0.15, -0.1) is 0 Å². The summed E-state index contributed by atoms with van der Waals surface area (Å²) in [5, 5.41) is 10.3. The Bertz CT molecular complexity index is 1130. The number of alkyl halides is 13. The molecule has 0 saturated heterocycles. The molecule has 0 radical (unpaired) electrons. The van der Waals surface area contributed by atoms with E-state index >= 15 is 0 Å². The SMILES string of the molecule is O=C(Nc1nc2ccc([N+](=O)[O-])cc2s1)C(F)(F)C(F)(F)C(F)(F)C(F)(F)C(F)(F)C(F)(F)F. The minimum Gasteiger partial charge on any atom is -0.296 e. The molecule has 190 valence electrons. The number of carbonyl (C=O) groups is 1. The molecule has 2 rings (SSSR count).